The Morgan fingerprint density at radius 3 is 1.33 bits per heavy atom. The number of rotatable bonds is 2. The average Bonchev–Trinajstić information content (AvgIpc) is 3.22. The van der Waals surface area contributed by atoms with Crippen LogP contribution in [0.2, 0.25) is 0 Å². The molecule has 0 saturated carbocycles. The molecule has 0 heterocycles. The van der Waals surface area contributed by atoms with Gasteiger partial charge in [0.2, 0.25) is 0 Å². The van der Waals surface area contributed by atoms with Crippen molar-refractivity contribution in [3.8, 4) is 0 Å². The summed E-state index contributed by atoms with van der Waals surface area (Å²) in [7, 11) is 0. The average molecular weight is 501 g/mol. The van der Waals surface area contributed by atoms with Crippen LogP contribution >= 0.6 is 0 Å². The summed E-state index contributed by atoms with van der Waals surface area (Å²) in [5.41, 5.74) is 6.32. The van der Waals surface area contributed by atoms with Crippen molar-refractivity contribution in [2.24, 2.45) is 21.7 Å². The Morgan fingerprint density at radius 2 is 1.11 bits per heavy atom. The number of hydrogen-bond acceptors (Lipinski definition) is 0. The highest BCUT2D eigenvalue weighted by molar-refractivity contribution is 5.14. The van der Waals surface area contributed by atoms with Gasteiger partial charge < -0.3 is 0 Å². The Morgan fingerprint density at radius 1 is 0.667 bits per heavy atom. The largest absolute Gasteiger partial charge is 0.0880 e. The summed E-state index contributed by atoms with van der Waals surface area (Å²) >= 11 is 0. The van der Waals surface area contributed by atoms with E-state index in [2.05, 4.69) is 134 Å². The second-order valence-electron chi connectivity index (χ2n) is 15.2. The lowest BCUT2D eigenvalue weighted by Crippen LogP contribution is -2.11. The smallest absolute Gasteiger partial charge is 0.0173 e. The molecule has 0 N–H and O–H groups in total. The van der Waals surface area contributed by atoms with E-state index < -0.39 is 0 Å². The molecule has 0 aromatic carbocycles. The highest BCUT2D eigenvalue weighted by Gasteiger charge is 2.19. The summed E-state index contributed by atoms with van der Waals surface area (Å²) in [5, 5.41) is 0. The molecule has 0 atom stereocenters. The van der Waals surface area contributed by atoms with Crippen molar-refractivity contribution in [3.63, 3.8) is 0 Å². The molecule has 0 aromatic rings. The topological polar surface area (TPSA) is 0 Å². The Balaban J connectivity index is 0. The molecule has 0 unspecified atom stereocenters. The fraction of sp³-hybridized carbons (Fsp3) is 0.778. The molecule has 0 radical (unpaired) electrons. The van der Waals surface area contributed by atoms with E-state index >= 15 is 0 Å². The first-order valence-corrected chi connectivity index (χ1v) is 14.9. The Labute approximate surface area is 230 Å². The lowest BCUT2D eigenvalue weighted by molar-refractivity contribution is 0.460. The molecule has 212 valence electrons. The van der Waals surface area contributed by atoms with E-state index in [0.29, 0.717) is 21.7 Å². The van der Waals surface area contributed by atoms with Gasteiger partial charge in [-0.2, -0.15) is 0 Å². The van der Waals surface area contributed by atoms with Crippen molar-refractivity contribution in [2.75, 3.05) is 0 Å². The van der Waals surface area contributed by atoms with Gasteiger partial charge in [-0.15, -0.1) is 0 Å². The normalized spacial score (nSPS) is 16.4. The van der Waals surface area contributed by atoms with E-state index in [9.17, 15) is 0 Å². The predicted molar refractivity (Wildman–Crippen MR) is 170 cm³/mol. The van der Waals surface area contributed by atoms with Gasteiger partial charge in [0, 0.05) is 0 Å². The minimum atomic E-state index is 0.360. The number of unbranched alkanes of at least 4 members (excludes halogenated alkanes) is 1. The molecule has 0 spiro atoms. The maximum Gasteiger partial charge on any atom is -0.0173 e. The summed E-state index contributed by atoms with van der Waals surface area (Å²) in [6.45, 7) is 33.6. The van der Waals surface area contributed by atoms with Crippen molar-refractivity contribution in [2.45, 2.75) is 162 Å². The predicted octanol–water partition coefficient (Wildman–Crippen LogP) is 13.1. The zero-order chi connectivity index (χ0) is 28.6. The summed E-state index contributed by atoms with van der Waals surface area (Å²) in [6, 6.07) is 0. The van der Waals surface area contributed by atoms with Crippen LogP contribution in [0.5, 0.6) is 0 Å². The third kappa shape index (κ3) is 24.6. The zero-order valence-electron chi connectivity index (χ0n) is 27.8. The molecule has 0 fully saturated rings. The van der Waals surface area contributed by atoms with E-state index in [-0.39, 0.29) is 0 Å². The molecular formula is C36H68. The third-order valence-electron chi connectivity index (χ3n) is 6.05. The van der Waals surface area contributed by atoms with Gasteiger partial charge >= 0.3 is 0 Å². The molecule has 0 amide bonds. The first kappa shape index (κ1) is 37.1. The molecule has 0 bridgehead atoms. The molecule has 0 aromatic heterocycles. The molecule has 36 heavy (non-hydrogen) atoms. The summed E-state index contributed by atoms with van der Waals surface area (Å²) in [6.07, 6.45) is 23.6. The summed E-state index contributed by atoms with van der Waals surface area (Å²) in [4.78, 5) is 0. The van der Waals surface area contributed by atoms with Gasteiger partial charge in [0.05, 0.1) is 0 Å². The fourth-order valence-corrected chi connectivity index (χ4v) is 4.34. The van der Waals surface area contributed by atoms with E-state index in [1.165, 1.54) is 63.4 Å². The minimum absolute atomic E-state index is 0.360. The zero-order valence-corrected chi connectivity index (χ0v) is 27.8. The summed E-state index contributed by atoms with van der Waals surface area (Å²) < 4.78 is 0. The number of allylic oxidation sites excluding steroid dienone is 8. The highest BCUT2D eigenvalue weighted by Crippen LogP contribution is 2.34. The summed E-state index contributed by atoms with van der Waals surface area (Å²) in [5.74, 6) is 0. The quantitative estimate of drug-likeness (QED) is 0.331. The lowest BCUT2D eigenvalue weighted by atomic mass is 9.80. The third-order valence-corrected chi connectivity index (χ3v) is 6.05. The van der Waals surface area contributed by atoms with Gasteiger partial charge in [-0.25, -0.2) is 0 Å². The Bertz CT molecular complexity index is 674. The molecular weight excluding hydrogens is 432 g/mol. The van der Waals surface area contributed by atoms with Crippen LogP contribution in [0.15, 0.2) is 47.1 Å². The Hall–Kier alpha value is -1.04. The van der Waals surface area contributed by atoms with Crippen molar-refractivity contribution >= 4 is 0 Å². The first-order chi connectivity index (χ1) is 16.2. The van der Waals surface area contributed by atoms with Crippen molar-refractivity contribution in [1.29, 1.82) is 0 Å². The van der Waals surface area contributed by atoms with Gasteiger partial charge in [0.1, 0.15) is 0 Å². The maximum absolute atomic E-state index is 2.43. The standard InChI is InChI=1S/C10H18.C9H16.C9H18.C8H16/c1-10(2,3)9-7-5-4-6-8-9;1-9(2,3)8-6-4-5-7-8;1-5-6-7-8-9(2,3)4;1-7(2)6-8(3,4)5/h7H,4-6,8H2,1-3H3;6H,4-5,7H2,1-3H3;7-8H,5-6H2,1-4H3;6H,1-5H3/b;;8-7+;. The van der Waals surface area contributed by atoms with Gasteiger partial charge in [-0.05, 0) is 86.9 Å². The highest BCUT2D eigenvalue weighted by atomic mass is 14.2. The van der Waals surface area contributed by atoms with Gasteiger partial charge in [-0.3, -0.25) is 0 Å². The molecule has 0 aliphatic heterocycles. The second kappa shape index (κ2) is 17.5. The van der Waals surface area contributed by atoms with Crippen molar-refractivity contribution < 1.29 is 0 Å². The van der Waals surface area contributed by atoms with Crippen molar-refractivity contribution in [3.05, 3.63) is 47.1 Å². The molecule has 0 heteroatoms. The van der Waals surface area contributed by atoms with E-state index in [1.54, 1.807) is 11.1 Å². The molecule has 0 nitrogen and oxygen atoms in total. The first-order valence-electron chi connectivity index (χ1n) is 14.9. The van der Waals surface area contributed by atoms with Crippen LogP contribution in [0.4, 0.5) is 0 Å². The van der Waals surface area contributed by atoms with Crippen LogP contribution in [0, 0.1) is 21.7 Å². The lowest BCUT2D eigenvalue weighted by Gasteiger charge is -2.25. The fourth-order valence-electron chi connectivity index (χ4n) is 4.34. The monoisotopic (exact) mass is 501 g/mol. The minimum Gasteiger partial charge on any atom is -0.0880 e. The van der Waals surface area contributed by atoms with Crippen LogP contribution in [0.25, 0.3) is 0 Å². The molecule has 0 saturated heterocycles. The molecule has 2 aliphatic rings. The maximum atomic E-state index is 2.43. The number of hydrogen-bond donors (Lipinski definition) is 0. The SMILES string of the molecule is CC(C)(C)C1=CCCC1.CC(C)(C)C1=CCCCC1.CC(C)=CC(C)(C)C.CCC/C=C/C(C)(C)C. The second-order valence-corrected chi connectivity index (χ2v) is 15.2. The molecule has 2 rings (SSSR count). The van der Waals surface area contributed by atoms with Gasteiger partial charge in [0.25, 0.3) is 0 Å². The van der Waals surface area contributed by atoms with Crippen molar-refractivity contribution in [1.82, 2.24) is 0 Å². The van der Waals surface area contributed by atoms with E-state index in [1.807, 2.05) is 0 Å². The van der Waals surface area contributed by atoms with Crippen LogP contribution in [0.3, 0.4) is 0 Å². The van der Waals surface area contributed by atoms with E-state index in [4.69, 9.17) is 0 Å². The van der Waals surface area contributed by atoms with Crippen LogP contribution in [-0.4, -0.2) is 0 Å². The van der Waals surface area contributed by atoms with Gasteiger partial charge in [0.15, 0.2) is 0 Å². The van der Waals surface area contributed by atoms with Crippen LogP contribution in [0.1, 0.15) is 162 Å². The van der Waals surface area contributed by atoms with Crippen LogP contribution in [-0.2, 0) is 0 Å². The Kier molecular flexibility index (Phi) is 18.0. The van der Waals surface area contributed by atoms with Gasteiger partial charge in [-0.1, -0.05) is 144 Å². The molecule has 2 aliphatic carbocycles. The van der Waals surface area contributed by atoms with E-state index in [0.717, 1.165) is 0 Å². The van der Waals surface area contributed by atoms with Crippen LogP contribution < -0.4 is 0 Å².